The number of methoxy groups -OCH3 is 1. The molecule has 0 aliphatic heterocycles. The second kappa shape index (κ2) is 7.24. The van der Waals surface area contributed by atoms with Gasteiger partial charge >= 0.3 is 31.2 Å². The summed E-state index contributed by atoms with van der Waals surface area (Å²) >= 11 is 0. The van der Waals surface area contributed by atoms with Gasteiger partial charge in [-0.15, -0.1) is 0 Å². The fraction of sp³-hybridized carbons (Fsp3) is 0.455. The van der Waals surface area contributed by atoms with Gasteiger partial charge in [0.2, 0.25) is 0 Å². The zero-order valence-electron chi connectivity index (χ0n) is 11.6. The predicted octanol–water partition coefficient (Wildman–Crippen LogP) is 0.109. The second-order valence-corrected chi connectivity index (χ2v) is 3.56. The Morgan fingerprint density at radius 2 is 1.73 bits per heavy atom. The molecule has 0 aliphatic carbocycles. The average Bonchev–Trinajstić information content (AvgIpc) is 2.35. The number of halogens is 6. The van der Waals surface area contributed by atoms with Crippen molar-refractivity contribution in [1.82, 2.24) is 4.98 Å². The van der Waals surface area contributed by atoms with Crippen LogP contribution in [0.5, 0.6) is 5.88 Å². The monoisotopic (exact) mass is 323 g/mol. The zero-order chi connectivity index (χ0) is 16.4. The molecule has 0 amide bonds. The minimum atomic E-state index is -5.30. The third-order valence-electron chi connectivity index (χ3n) is 2.16. The summed E-state index contributed by atoms with van der Waals surface area (Å²) in [5, 5.41) is 0. The number of pyridine rings is 1. The summed E-state index contributed by atoms with van der Waals surface area (Å²) in [4.78, 5) is 14.3. The van der Waals surface area contributed by atoms with Crippen molar-refractivity contribution in [3.8, 4) is 5.88 Å². The summed E-state index contributed by atoms with van der Waals surface area (Å²) in [5.41, 5.74) is -5.72. The van der Waals surface area contributed by atoms with Crippen LogP contribution in [-0.4, -0.2) is 24.7 Å². The van der Waals surface area contributed by atoms with Crippen molar-refractivity contribution in [2.24, 2.45) is 0 Å². The standard InChI is InChI=1S/C11H8F6NO3.Li/c1-3-21-9(19)7-5(10(12,13)14)4-6(20-2)18-8(7)11(15,16)17;/h3H2,1-2H3;/q-1;+1. The SMILES string of the molecule is CCOC(=O)c1c(C(F)(F)F)[c-]c(OC)nc1C(F)(F)F.[Li+]. The minimum Gasteiger partial charge on any atom is -0.497 e. The van der Waals surface area contributed by atoms with Crippen LogP contribution in [0.1, 0.15) is 28.5 Å². The molecule has 0 aromatic carbocycles. The maximum Gasteiger partial charge on any atom is 1.00 e. The van der Waals surface area contributed by atoms with E-state index in [2.05, 4.69) is 14.5 Å². The van der Waals surface area contributed by atoms with Gasteiger partial charge in [-0.25, -0.2) is 4.98 Å². The van der Waals surface area contributed by atoms with Gasteiger partial charge in [0, 0.05) is 0 Å². The maximum absolute atomic E-state index is 12.8. The van der Waals surface area contributed by atoms with E-state index in [4.69, 9.17) is 0 Å². The first-order valence-corrected chi connectivity index (χ1v) is 5.35. The van der Waals surface area contributed by atoms with Gasteiger partial charge < -0.3 is 9.47 Å². The van der Waals surface area contributed by atoms with Crippen molar-refractivity contribution in [2.45, 2.75) is 19.3 Å². The molecule has 0 spiro atoms. The topological polar surface area (TPSA) is 48.4 Å². The van der Waals surface area contributed by atoms with Gasteiger partial charge in [-0.2, -0.15) is 32.4 Å². The molecule has 0 fully saturated rings. The Morgan fingerprint density at radius 3 is 2.09 bits per heavy atom. The maximum atomic E-state index is 12.8. The molecule has 0 radical (unpaired) electrons. The van der Waals surface area contributed by atoms with Crippen LogP contribution >= 0.6 is 0 Å². The molecule has 1 rings (SSSR count). The summed E-state index contributed by atoms with van der Waals surface area (Å²) in [6, 6.07) is 1.50. The van der Waals surface area contributed by atoms with E-state index in [0.717, 1.165) is 7.11 Å². The van der Waals surface area contributed by atoms with Crippen LogP contribution in [0.2, 0.25) is 0 Å². The fourth-order valence-electron chi connectivity index (χ4n) is 1.39. The summed E-state index contributed by atoms with van der Waals surface area (Å²) in [6.45, 7) is 0.832. The van der Waals surface area contributed by atoms with Crippen LogP contribution in [0.15, 0.2) is 0 Å². The number of carbonyl (C=O) groups excluding carboxylic acids is 1. The third-order valence-corrected chi connectivity index (χ3v) is 2.16. The summed E-state index contributed by atoms with van der Waals surface area (Å²) in [5.74, 6) is -2.83. The zero-order valence-corrected chi connectivity index (χ0v) is 11.6. The Balaban J connectivity index is 0.00000441. The van der Waals surface area contributed by atoms with Crippen molar-refractivity contribution in [3.05, 3.63) is 22.9 Å². The molecule has 11 heteroatoms. The Labute approximate surface area is 133 Å². The average molecular weight is 323 g/mol. The van der Waals surface area contributed by atoms with Crippen molar-refractivity contribution in [3.63, 3.8) is 0 Å². The van der Waals surface area contributed by atoms with E-state index in [-0.39, 0.29) is 18.9 Å². The number of ether oxygens (including phenoxy) is 2. The van der Waals surface area contributed by atoms with Crippen molar-refractivity contribution in [2.75, 3.05) is 13.7 Å². The van der Waals surface area contributed by atoms with Gasteiger partial charge in [0.15, 0.2) is 0 Å². The number of hydrogen-bond donors (Lipinski definition) is 0. The molecule has 4 nitrogen and oxygen atoms in total. The Hall–Kier alpha value is -1.40. The molecule has 1 aromatic rings. The first kappa shape index (κ1) is 20.6. The minimum absolute atomic E-state index is 0. The molecule has 1 heterocycles. The first-order valence-electron chi connectivity index (χ1n) is 5.35. The fourth-order valence-corrected chi connectivity index (χ4v) is 1.39. The van der Waals surface area contributed by atoms with Crippen molar-refractivity contribution >= 4 is 5.97 Å². The van der Waals surface area contributed by atoms with Crippen LogP contribution in [-0.2, 0) is 17.1 Å². The number of rotatable bonds is 3. The Bertz CT molecular complexity index is 509. The van der Waals surface area contributed by atoms with Crippen molar-refractivity contribution in [1.29, 1.82) is 0 Å². The molecule has 0 unspecified atom stereocenters. The summed E-state index contributed by atoms with van der Waals surface area (Å²) in [7, 11) is 0.823. The normalized spacial score (nSPS) is 11.6. The molecule has 0 N–H and O–H groups in total. The van der Waals surface area contributed by atoms with E-state index in [1.165, 1.54) is 13.0 Å². The van der Waals surface area contributed by atoms with Gasteiger partial charge in [-0.05, 0) is 12.5 Å². The molecule has 0 bridgehead atoms. The molecule has 0 aliphatic rings. The number of alkyl halides is 6. The number of hydrogen-bond acceptors (Lipinski definition) is 4. The van der Waals surface area contributed by atoms with E-state index in [1.54, 1.807) is 0 Å². The quantitative estimate of drug-likeness (QED) is 0.343. The van der Waals surface area contributed by atoms with E-state index >= 15 is 0 Å². The van der Waals surface area contributed by atoms with E-state index in [9.17, 15) is 31.1 Å². The third kappa shape index (κ3) is 4.54. The summed E-state index contributed by atoms with van der Waals surface area (Å²) < 4.78 is 85.5. The van der Waals surface area contributed by atoms with Crippen LogP contribution in [0.4, 0.5) is 26.3 Å². The van der Waals surface area contributed by atoms with E-state index in [0.29, 0.717) is 0 Å². The Morgan fingerprint density at radius 1 is 1.18 bits per heavy atom. The molecular weight excluding hydrogens is 315 g/mol. The number of nitrogens with zero attached hydrogens (tertiary/aromatic N) is 1. The Kier molecular flexibility index (Phi) is 6.78. The van der Waals surface area contributed by atoms with E-state index < -0.39 is 47.6 Å². The van der Waals surface area contributed by atoms with Gasteiger partial charge in [0.25, 0.3) is 5.97 Å². The molecule has 0 atom stereocenters. The van der Waals surface area contributed by atoms with Crippen LogP contribution < -0.4 is 23.6 Å². The van der Waals surface area contributed by atoms with Gasteiger partial charge in [-0.1, -0.05) is 5.56 Å². The number of esters is 1. The number of aromatic nitrogens is 1. The molecular formula is C11H8F6LiNO3. The molecule has 22 heavy (non-hydrogen) atoms. The smallest absolute Gasteiger partial charge is 0.497 e. The molecule has 118 valence electrons. The van der Waals surface area contributed by atoms with Gasteiger partial charge in [0.05, 0.1) is 19.4 Å². The molecule has 0 saturated heterocycles. The van der Waals surface area contributed by atoms with Crippen LogP contribution in [0.3, 0.4) is 0 Å². The van der Waals surface area contributed by atoms with E-state index in [1.807, 2.05) is 0 Å². The second-order valence-electron chi connectivity index (χ2n) is 3.56. The van der Waals surface area contributed by atoms with Crippen molar-refractivity contribution < 1.29 is 59.5 Å². The van der Waals surface area contributed by atoms with Crippen LogP contribution in [0.25, 0.3) is 0 Å². The predicted molar refractivity (Wildman–Crippen MR) is 55.6 cm³/mol. The summed E-state index contributed by atoms with van der Waals surface area (Å²) in [6.07, 6.45) is -10.6. The van der Waals surface area contributed by atoms with Crippen LogP contribution in [0, 0.1) is 6.07 Å². The largest absolute Gasteiger partial charge is 1.00 e. The molecule has 1 aromatic heterocycles. The molecule has 0 saturated carbocycles. The number of carbonyl (C=O) groups is 1. The van der Waals surface area contributed by atoms with Gasteiger partial charge in [-0.3, -0.25) is 4.79 Å². The van der Waals surface area contributed by atoms with Gasteiger partial charge in [0.1, 0.15) is 5.88 Å². The first-order chi connectivity index (χ1) is 9.52.